The zero-order chi connectivity index (χ0) is 12.5. The predicted molar refractivity (Wildman–Crippen MR) is 71.5 cm³/mol. The van der Waals surface area contributed by atoms with Crippen LogP contribution in [0.25, 0.3) is 0 Å². The zero-order valence-corrected chi connectivity index (χ0v) is 11.4. The Morgan fingerprint density at radius 1 is 1.17 bits per heavy atom. The van der Waals surface area contributed by atoms with Crippen LogP contribution in [-0.4, -0.2) is 55.1 Å². The van der Waals surface area contributed by atoms with Crippen LogP contribution in [0.15, 0.2) is 0 Å². The van der Waals surface area contributed by atoms with E-state index in [9.17, 15) is 4.79 Å². The van der Waals surface area contributed by atoms with Gasteiger partial charge in [-0.1, -0.05) is 0 Å². The minimum absolute atomic E-state index is 0.268. The third kappa shape index (κ3) is 2.11. The quantitative estimate of drug-likeness (QED) is 0.767. The second-order valence-corrected chi connectivity index (χ2v) is 6.17. The van der Waals surface area contributed by atoms with Crippen LogP contribution in [0.5, 0.6) is 0 Å². The van der Waals surface area contributed by atoms with E-state index in [0.29, 0.717) is 12.0 Å². The molecular weight excluding hydrogens is 226 g/mol. The lowest BCUT2D eigenvalue weighted by atomic mass is 9.76. The molecule has 4 nitrogen and oxygen atoms in total. The first-order chi connectivity index (χ1) is 8.77. The van der Waals surface area contributed by atoms with Gasteiger partial charge in [-0.15, -0.1) is 0 Å². The molecule has 2 unspecified atom stereocenters. The van der Waals surface area contributed by atoms with E-state index in [-0.39, 0.29) is 6.03 Å². The molecule has 0 bridgehead atoms. The topological polar surface area (TPSA) is 35.6 Å². The van der Waals surface area contributed by atoms with Gasteiger partial charge in [-0.2, -0.15) is 0 Å². The van der Waals surface area contributed by atoms with Gasteiger partial charge in [-0.05, 0) is 57.0 Å². The van der Waals surface area contributed by atoms with Gasteiger partial charge >= 0.3 is 6.03 Å². The molecule has 3 aliphatic rings. The Hall–Kier alpha value is -0.770. The number of carbonyl (C=O) groups excluding carboxylic acids is 1. The molecule has 18 heavy (non-hydrogen) atoms. The van der Waals surface area contributed by atoms with Gasteiger partial charge in [0.05, 0.1) is 0 Å². The Kier molecular flexibility index (Phi) is 3.46. The predicted octanol–water partition coefficient (Wildman–Crippen LogP) is 1.52. The van der Waals surface area contributed by atoms with E-state index >= 15 is 0 Å². The molecule has 3 heterocycles. The summed E-state index contributed by atoms with van der Waals surface area (Å²) in [5, 5.41) is 3.45. The van der Waals surface area contributed by atoms with Crippen molar-refractivity contribution in [2.75, 3.05) is 33.2 Å². The molecule has 2 amide bonds. The van der Waals surface area contributed by atoms with Crippen LogP contribution in [0.2, 0.25) is 0 Å². The molecule has 2 atom stereocenters. The Morgan fingerprint density at radius 3 is 2.72 bits per heavy atom. The first-order valence-corrected chi connectivity index (χ1v) is 7.50. The van der Waals surface area contributed by atoms with Gasteiger partial charge in [0.15, 0.2) is 0 Å². The molecule has 3 rings (SSSR count). The molecule has 0 aromatic rings. The number of fused-ring (bicyclic) bond motifs is 1. The average molecular weight is 251 g/mol. The summed E-state index contributed by atoms with van der Waals surface area (Å²) in [7, 11) is 1.97. The van der Waals surface area contributed by atoms with E-state index in [0.717, 1.165) is 32.1 Å². The number of piperidine rings is 2. The van der Waals surface area contributed by atoms with Crippen molar-refractivity contribution in [2.45, 2.75) is 38.1 Å². The first kappa shape index (κ1) is 12.3. The van der Waals surface area contributed by atoms with Crippen LogP contribution in [0.4, 0.5) is 4.79 Å². The van der Waals surface area contributed by atoms with E-state index in [1.807, 2.05) is 11.9 Å². The van der Waals surface area contributed by atoms with Crippen molar-refractivity contribution in [3.8, 4) is 0 Å². The van der Waals surface area contributed by atoms with Gasteiger partial charge in [0.2, 0.25) is 0 Å². The molecular formula is C14H25N3O. The van der Waals surface area contributed by atoms with Crippen molar-refractivity contribution in [1.82, 2.24) is 15.1 Å². The van der Waals surface area contributed by atoms with Gasteiger partial charge in [0.25, 0.3) is 0 Å². The highest BCUT2D eigenvalue weighted by Crippen LogP contribution is 2.36. The third-order valence-corrected chi connectivity index (χ3v) is 5.09. The summed E-state index contributed by atoms with van der Waals surface area (Å²) in [6, 6.07) is 0.801. The normalized spacial score (nSPS) is 34.6. The van der Waals surface area contributed by atoms with Gasteiger partial charge in [-0.25, -0.2) is 4.79 Å². The van der Waals surface area contributed by atoms with E-state index in [4.69, 9.17) is 0 Å². The Morgan fingerprint density at radius 2 is 1.94 bits per heavy atom. The van der Waals surface area contributed by atoms with Gasteiger partial charge < -0.3 is 15.1 Å². The molecule has 102 valence electrons. The number of hydrogen-bond donors (Lipinski definition) is 1. The minimum Gasteiger partial charge on any atom is -0.327 e. The number of rotatable bonds is 1. The van der Waals surface area contributed by atoms with Gasteiger partial charge in [0.1, 0.15) is 0 Å². The Balaban J connectivity index is 1.77. The molecule has 4 heteroatoms. The number of carbonyl (C=O) groups is 1. The molecule has 0 spiro atoms. The average Bonchev–Trinajstić information content (AvgIpc) is 2.44. The number of nitrogens with one attached hydrogen (secondary N) is 1. The van der Waals surface area contributed by atoms with Crippen molar-refractivity contribution < 1.29 is 4.79 Å². The maximum atomic E-state index is 12.2. The van der Waals surface area contributed by atoms with Crippen LogP contribution < -0.4 is 5.32 Å². The summed E-state index contributed by atoms with van der Waals surface area (Å²) in [4.78, 5) is 16.3. The molecule has 0 radical (unpaired) electrons. The highest BCUT2D eigenvalue weighted by molar-refractivity contribution is 5.75. The van der Waals surface area contributed by atoms with Crippen molar-refractivity contribution >= 4 is 6.03 Å². The largest absolute Gasteiger partial charge is 0.327 e. The summed E-state index contributed by atoms with van der Waals surface area (Å²) in [5.74, 6) is 1.52. The molecule has 3 aliphatic heterocycles. The van der Waals surface area contributed by atoms with Crippen LogP contribution in [0.1, 0.15) is 32.1 Å². The fourth-order valence-electron chi connectivity index (χ4n) is 4.11. The maximum Gasteiger partial charge on any atom is 0.320 e. The third-order valence-electron chi connectivity index (χ3n) is 5.09. The summed E-state index contributed by atoms with van der Waals surface area (Å²) >= 11 is 0. The van der Waals surface area contributed by atoms with Crippen LogP contribution in [-0.2, 0) is 0 Å². The van der Waals surface area contributed by atoms with E-state index < -0.39 is 0 Å². The lowest BCUT2D eigenvalue weighted by Crippen LogP contribution is -2.61. The molecule has 3 saturated heterocycles. The standard InChI is InChI=1S/C14H25N3O/c1-16-10-12(11-5-7-15-8-6-11)13-4-2-3-9-17(13)14(16)18/h11-13,15H,2-10H2,1H3. The lowest BCUT2D eigenvalue weighted by Gasteiger charge is -2.50. The summed E-state index contributed by atoms with van der Waals surface area (Å²) in [6.07, 6.45) is 6.30. The molecule has 0 aliphatic carbocycles. The summed E-state index contributed by atoms with van der Waals surface area (Å²) in [5.41, 5.74) is 0. The lowest BCUT2D eigenvalue weighted by molar-refractivity contribution is 0.0219. The van der Waals surface area contributed by atoms with Crippen molar-refractivity contribution in [1.29, 1.82) is 0 Å². The smallest absolute Gasteiger partial charge is 0.320 e. The molecule has 0 aromatic carbocycles. The SMILES string of the molecule is CN1CC(C2CCNCC2)C2CCCCN2C1=O. The monoisotopic (exact) mass is 251 g/mol. The van der Waals surface area contributed by atoms with Crippen molar-refractivity contribution in [3.63, 3.8) is 0 Å². The van der Waals surface area contributed by atoms with Crippen molar-refractivity contribution in [2.24, 2.45) is 11.8 Å². The molecule has 1 N–H and O–H groups in total. The Labute approximate surface area is 110 Å². The zero-order valence-electron chi connectivity index (χ0n) is 11.4. The van der Waals surface area contributed by atoms with Gasteiger partial charge in [-0.3, -0.25) is 0 Å². The number of amides is 2. The summed E-state index contributed by atoms with van der Waals surface area (Å²) < 4.78 is 0. The number of hydrogen-bond acceptors (Lipinski definition) is 2. The van der Waals surface area contributed by atoms with Crippen LogP contribution in [0, 0.1) is 11.8 Å². The fourth-order valence-corrected chi connectivity index (χ4v) is 4.11. The Bertz CT molecular complexity index is 314. The van der Waals surface area contributed by atoms with Crippen molar-refractivity contribution in [3.05, 3.63) is 0 Å². The van der Waals surface area contributed by atoms with E-state index in [1.54, 1.807) is 0 Å². The fraction of sp³-hybridized carbons (Fsp3) is 0.929. The molecule has 0 saturated carbocycles. The highest BCUT2D eigenvalue weighted by atomic mass is 16.2. The van der Waals surface area contributed by atoms with Crippen LogP contribution in [0.3, 0.4) is 0 Å². The summed E-state index contributed by atoms with van der Waals surface area (Å²) in [6.45, 7) is 4.27. The first-order valence-electron chi connectivity index (χ1n) is 7.50. The van der Waals surface area contributed by atoms with Gasteiger partial charge in [0, 0.05) is 26.2 Å². The second-order valence-electron chi connectivity index (χ2n) is 6.17. The molecule has 3 fully saturated rings. The van der Waals surface area contributed by atoms with Crippen LogP contribution >= 0.6 is 0 Å². The number of urea groups is 1. The minimum atomic E-state index is 0.268. The number of nitrogens with zero attached hydrogens (tertiary/aromatic N) is 2. The maximum absolute atomic E-state index is 12.2. The van der Waals surface area contributed by atoms with E-state index in [1.165, 1.54) is 32.1 Å². The second kappa shape index (κ2) is 5.08. The highest BCUT2D eigenvalue weighted by Gasteiger charge is 2.42. The van der Waals surface area contributed by atoms with E-state index in [2.05, 4.69) is 10.2 Å². The molecule has 0 aromatic heterocycles.